The highest BCUT2D eigenvalue weighted by molar-refractivity contribution is 6.17. The van der Waals surface area contributed by atoms with E-state index in [0.29, 0.717) is 29.2 Å². The number of ether oxygens (including phenoxy) is 1. The minimum atomic E-state index is -1.81. The smallest absolute Gasteiger partial charge is 0.343 e. The van der Waals surface area contributed by atoms with Crippen molar-refractivity contribution in [1.82, 2.24) is 9.55 Å². The van der Waals surface area contributed by atoms with Crippen LogP contribution in [0.25, 0.3) is 22.3 Å². The summed E-state index contributed by atoms with van der Waals surface area (Å²) in [6.07, 6.45) is 4.03. The van der Waals surface area contributed by atoms with E-state index >= 15 is 0 Å². The molecule has 166 valence electrons. The van der Waals surface area contributed by atoms with Crippen LogP contribution >= 0.6 is 11.6 Å². The number of pyridine rings is 2. The quantitative estimate of drug-likeness (QED) is 0.271. The van der Waals surface area contributed by atoms with Crippen molar-refractivity contribution in [2.24, 2.45) is 0 Å². The molecule has 0 radical (unpaired) electrons. The van der Waals surface area contributed by atoms with Gasteiger partial charge in [0.05, 0.1) is 29.0 Å². The van der Waals surface area contributed by atoms with Crippen molar-refractivity contribution in [1.29, 1.82) is 0 Å². The minimum absolute atomic E-state index is 0.118. The molecular formula is C25H25ClN2O4. The number of rotatable bonds is 6. The summed E-state index contributed by atoms with van der Waals surface area (Å²) < 4.78 is 6.86. The number of fused-ring (bicyclic) bond motifs is 5. The molecule has 2 aromatic heterocycles. The highest BCUT2D eigenvalue weighted by atomic mass is 35.5. The predicted molar refractivity (Wildman–Crippen MR) is 123 cm³/mol. The third-order valence-corrected chi connectivity index (χ3v) is 7.04. The first-order valence-corrected chi connectivity index (χ1v) is 11.7. The van der Waals surface area contributed by atoms with E-state index in [2.05, 4.69) is 6.07 Å². The average molecular weight is 453 g/mol. The molecule has 0 saturated heterocycles. The Morgan fingerprint density at radius 3 is 2.78 bits per heavy atom. The van der Waals surface area contributed by atoms with Gasteiger partial charge in [-0.3, -0.25) is 4.79 Å². The topological polar surface area (TPSA) is 81.4 Å². The number of esters is 1. The molecule has 7 heteroatoms. The Balaban J connectivity index is 1.71. The van der Waals surface area contributed by atoms with Crippen LogP contribution in [0, 0.1) is 0 Å². The first kappa shape index (κ1) is 21.2. The molecular weight excluding hydrogens is 428 g/mol. The number of unbranched alkanes of at least 4 members (excludes halogenated alkanes) is 2. The van der Waals surface area contributed by atoms with E-state index in [4.69, 9.17) is 21.3 Å². The predicted octanol–water partition coefficient (Wildman–Crippen LogP) is 4.03. The van der Waals surface area contributed by atoms with Gasteiger partial charge in [-0.1, -0.05) is 31.5 Å². The number of hydrogen-bond donors (Lipinski definition) is 1. The summed E-state index contributed by atoms with van der Waals surface area (Å²) in [7, 11) is 0. The third kappa shape index (κ3) is 3.08. The number of aromatic nitrogens is 2. The molecule has 32 heavy (non-hydrogen) atoms. The zero-order chi connectivity index (χ0) is 22.5. The lowest BCUT2D eigenvalue weighted by Gasteiger charge is -2.31. The summed E-state index contributed by atoms with van der Waals surface area (Å²) >= 11 is 5.86. The van der Waals surface area contributed by atoms with Crippen LogP contribution in [0.15, 0.2) is 35.1 Å². The third-order valence-electron chi connectivity index (χ3n) is 6.77. The van der Waals surface area contributed by atoms with Crippen molar-refractivity contribution in [3.63, 3.8) is 0 Å². The SMILES string of the molecule is CC[C@@]1(O)C(=O)OCc2c1cc1n(c2=O)Cc2c-1nc1ccccc1c2CCCCCCl. The van der Waals surface area contributed by atoms with Gasteiger partial charge in [-0.15, -0.1) is 11.6 Å². The molecule has 6 nitrogen and oxygen atoms in total. The van der Waals surface area contributed by atoms with Crippen LogP contribution < -0.4 is 5.56 Å². The molecule has 5 rings (SSSR count). The van der Waals surface area contributed by atoms with Gasteiger partial charge in [-0.2, -0.15) is 0 Å². The zero-order valence-corrected chi connectivity index (χ0v) is 18.7. The Morgan fingerprint density at radius 1 is 1.19 bits per heavy atom. The largest absolute Gasteiger partial charge is 0.458 e. The number of benzene rings is 1. The highest BCUT2D eigenvalue weighted by Crippen LogP contribution is 2.40. The molecule has 1 N–H and O–H groups in total. The van der Waals surface area contributed by atoms with Gasteiger partial charge in [-0.25, -0.2) is 9.78 Å². The maximum atomic E-state index is 13.4. The van der Waals surface area contributed by atoms with Crippen LogP contribution in [0.5, 0.6) is 0 Å². The Hall–Kier alpha value is -2.70. The van der Waals surface area contributed by atoms with Gasteiger partial charge in [0.25, 0.3) is 5.56 Å². The lowest BCUT2D eigenvalue weighted by atomic mass is 9.86. The van der Waals surface area contributed by atoms with Crippen molar-refractivity contribution < 1.29 is 14.6 Å². The fourth-order valence-corrected chi connectivity index (χ4v) is 5.16. The van der Waals surface area contributed by atoms with Gasteiger partial charge in [0.2, 0.25) is 0 Å². The zero-order valence-electron chi connectivity index (χ0n) is 18.0. The molecule has 0 aliphatic carbocycles. The number of aryl methyl sites for hydroxylation is 1. The van der Waals surface area contributed by atoms with E-state index in [0.717, 1.165) is 47.8 Å². The van der Waals surface area contributed by atoms with Crippen LogP contribution in [-0.4, -0.2) is 26.5 Å². The summed E-state index contributed by atoms with van der Waals surface area (Å²) in [4.78, 5) is 30.7. The van der Waals surface area contributed by atoms with Gasteiger partial charge in [0.15, 0.2) is 5.60 Å². The summed E-state index contributed by atoms with van der Waals surface area (Å²) in [6.45, 7) is 2.02. The maximum Gasteiger partial charge on any atom is 0.343 e. The van der Waals surface area contributed by atoms with E-state index in [-0.39, 0.29) is 18.6 Å². The molecule has 0 unspecified atom stereocenters. The van der Waals surface area contributed by atoms with Gasteiger partial charge in [0.1, 0.15) is 6.61 Å². The van der Waals surface area contributed by atoms with E-state index in [1.165, 1.54) is 5.56 Å². The van der Waals surface area contributed by atoms with E-state index in [1.54, 1.807) is 17.6 Å². The summed E-state index contributed by atoms with van der Waals surface area (Å²) in [5.41, 5.74) is 3.19. The van der Waals surface area contributed by atoms with Crippen molar-refractivity contribution in [2.75, 3.05) is 5.88 Å². The fourth-order valence-electron chi connectivity index (χ4n) is 4.97. The van der Waals surface area contributed by atoms with E-state index in [1.807, 2.05) is 18.2 Å². The van der Waals surface area contributed by atoms with Gasteiger partial charge < -0.3 is 14.4 Å². The lowest BCUT2D eigenvalue weighted by molar-refractivity contribution is -0.172. The molecule has 0 fully saturated rings. The molecule has 1 atom stereocenters. The molecule has 2 aliphatic heterocycles. The van der Waals surface area contributed by atoms with Crippen LogP contribution in [0.4, 0.5) is 0 Å². The second-order valence-corrected chi connectivity index (χ2v) is 8.92. The minimum Gasteiger partial charge on any atom is -0.458 e. The molecule has 2 aliphatic rings. The Morgan fingerprint density at radius 2 is 2.00 bits per heavy atom. The molecule has 1 aromatic carbocycles. The molecule has 0 spiro atoms. The van der Waals surface area contributed by atoms with Crippen LogP contribution in [0.3, 0.4) is 0 Å². The van der Waals surface area contributed by atoms with Gasteiger partial charge in [0, 0.05) is 22.4 Å². The van der Waals surface area contributed by atoms with Crippen LogP contribution in [-0.2, 0) is 34.7 Å². The van der Waals surface area contributed by atoms with Crippen molar-refractivity contribution in [3.05, 3.63) is 62.9 Å². The lowest BCUT2D eigenvalue weighted by Crippen LogP contribution is -2.44. The number of hydrogen-bond acceptors (Lipinski definition) is 5. The van der Waals surface area contributed by atoms with Crippen LogP contribution in [0.1, 0.15) is 54.9 Å². The first-order valence-electron chi connectivity index (χ1n) is 11.1. The highest BCUT2D eigenvalue weighted by Gasteiger charge is 2.45. The summed E-state index contributed by atoms with van der Waals surface area (Å²) in [5.74, 6) is -0.0514. The fraction of sp³-hybridized carbons (Fsp3) is 0.400. The maximum absolute atomic E-state index is 13.4. The number of aliphatic hydroxyl groups is 1. The number of cyclic esters (lactones) is 1. The second kappa shape index (κ2) is 8.01. The van der Waals surface area contributed by atoms with Crippen LogP contribution in [0.2, 0.25) is 0 Å². The average Bonchev–Trinajstić information content (AvgIpc) is 3.17. The van der Waals surface area contributed by atoms with Crippen molar-refractivity contribution in [3.8, 4) is 11.4 Å². The number of alkyl halides is 1. The molecule has 0 saturated carbocycles. The molecule has 4 heterocycles. The number of carbonyl (C=O) groups excluding carboxylic acids is 1. The summed E-state index contributed by atoms with van der Waals surface area (Å²) in [5, 5.41) is 12.1. The number of nitrogens with zero attached hydrogens (tertiary/aromatic N) is 2. The van der Waals surface area contributed by atoms with Crippen molar-refractivity contribution >= 4 is 28.5 Å². The molecule has 0 bridgehead atoms. The van der Waals surface area contributed by atoms with Crippen molar-refractivity contribution in [2.45, 2.75) is 57.8 Å². The standard InChI is InChI=1S/C25H25ClN2O4/c1-2-25(31)19-12-21-22-17(13-28(21)23(29)18(19)14-32-24(25)30)15(8-4-3-7-11-26)16-9-5-6-10-20(16)27-22/h5-6,9-10,12,31H,2-4,7-8,11,13-14H2,1H3/t25-/m0/s1. The monoisotopic (exact) mass is 452 g/mol. The van der Waals surface area contributed by atoms with Gasteiger partial charge >= 0.3 is 5.97 Å². The number of para-hydroxylation sites is 1. The normalized spacial score (nSPS) is 18.9. The Labute approximate surface area is 190 Å². The molecule has 3 aromatic rings. The Bertz CT molecular complexity index is 1300. The van der Waals surface area contributed by atoms with E-state index < -0.39 is 11.6 Å². The molecule has 0 amide bonds. The number of halogens is 1. The van der Waals surface area contributed by atoms with E-state index in [9.17, 15) is 14.7 Å². The number of carbonyl (C=O) groups is 1. The summed E-state index contributed by atoms with van der Waals surface area (Å²) in [6, 6.07) is 9.80. The second-order valence-electron chi connectivity index (χ2n) is 8.54. The first-order chi connectivity index (χ1) is 15.5. The Kier molecular flexibility index (Phi) is 5.30. The van der Waals surface area contributed by atoms with Gasteiger partial charge in [-0.05, 0) is 43.4 Å².